The van der Waals surface area contributed by atoms with Crippen LogP contribution >= 0.6 is 0 Å². The second kappa shape index (κ2) is 7.38. The third-order valence-electron chi connectivity index (χ3n) is 4.21. The minimum Gasteiger partial charge on any atom is -0.477 e. The molecule has 3 rings (SSSR count). The smallest absolute Gasteiger partial charge is 0.259 e. The lowest BCUT2D eigenvalue weighted by atomic mass is 9.94. The number of rotatable bonds is 4. The fraction of sp³-hybridized carbons (Fsp3) is 0.444. The van der Waals surface area contributed by atoms with Crippen molar-refractivity contribution < 1.29 is 9.53 Å². The van der Waals surface area contributed by atoms with Crippen LogP contribution in [0.25, 0.3) is 0 Å². The van der Waals surface area contributed by atoms with Gasteiger partial charge in [0.05, 0.1) is 6.61 Å². The Labute approximate surface area is 141 Å². The molecule has 0 aromatic carbocycles. The summed E-state index contributed by atoms with van der Waals surface area (Å²) in [6, 6.07) is 5.49. The van der Waals surface area contributed by atoms with Gasteiger partial charge in [-0.05, 0) is 44.9 Å². The number of ether oxygens (including phenoxy) is 1. The largest absolute Gasteiger partial charge is 0.477 e. The lowest BCUT2D eigenvalue weighted by Gasteiger charge is -2.32. The van der Waals surface area contributed by atoms with Crippen LogP contribution in [0.4, 0.5) is 0 Å². The number of hydrogen-bond acceptors (Lipinski definition) is 5. The van der Waals surface area contributed by atoms with Crippen LogP contribution in [0.1, 0.15) is 47.6 Å². The molecule has 0 N–H and O–H groups in total. The summed E-state index contributed by atoms with van der Waals surface area (Å²) in [5.41, 5.74) is 1.54. The number of aromatic nitrogens is 3. The Morgan fingerprint density at radius 3 is 3.00 bits per heavy atom. The minimum atomic E-state index is -0.0259. The van der Waals surface area contributed by atoms with Crippen molar-refractivity contribution in [2.75, 3.05) is 19.7 Å². The molecule has 0 bridgehead atoms. The van der Waals surface area contributed by atoms with Gasteiger partial charge >= 0.3 is 0 Å². The van der Waals surface area contributed by atoms with E-state index in [0.717, 1.165) is 30.9 Å². The number of amides is 1. The average Bonchev–Trinajstić information content (AvgIpc) is 2.62. The fourth-order valence-corrected chi connectivity index (χ4v) is 3.08. The van der Waals surface area contributed by atoms with E-state index in [1.807, 2.05) is 24.8 Å². The van der Waals surface area contributed by atoms with Crippen LogP contribution in [-0.4, -0.2) is 45.5 Å². The molecule has 24 heavy (non-hydrogen) atoms. The molecule has 1 fully saturated rings. The van der Waals surface area contributed by atoms with E-state index in [0.29, 0.717) is 24.6 Å². The van der Waals surface area contributed by atoms with Crippen LogP contribution in [0, 0.1) is 6.92 Å². The standard InChI is InChI=1S/C18H22N4O2/c1-3-24-17-15(7-4-9-20-17)18(23)22-11-5-6-14(12-22)16-8-10-19-13(2)21-16/h4,7-10,14H,3,5-6,11-12H2,1-2H3. The minimum absolute atomic E-state index is 0.0259. The number of carbonyl (C=O) groups is 1. The van der Waals surface area contributed by atoms with Gasteiger partial charge in [-0.15, -0.1) is 0 Å². The van der Waals surface area contributed by atoms with Gasteiger partial charge in [-0.3, -0.25) is 4.79 Å². The van der Waals surface area contributed by atoms with E-state index in [4.69, 9.17) is 4.74 Å². The Balaban J connectivity index is 1.78. The molecule has 6 nitrogen and oxygen atoms in total. The third kappa shape index (κ3) is 3.53. The molecule has 0 aliphatic carbocycles. The number of piperidine rings is 1. The number of hydrogen-bond donors (Lipinski definition) is 0. The fourth-order valence-electron chi connectivity index (χ4n) is 3.08. The highest BCUT2D eigenvalue weighted by molar-refractivity contribution is 5.96. The summed E-state index contributed by atoms with van der Waals surface area (Å²) >= 11 is 0. The number of nitrogens with zero attached hydrogens (tertiary/aromatic N) is 4. The van der Waals surface area contributed by atoms with Gasteiger partial charge in [0, 0.05) is 37.1 Å². The van der Waals surface area contributed by atoms with Gasteiger partial charge in [-0.1, -0.05) is 0 Å². The molecule has 1 unspecified atom stereocenters. The summed E-state index contributed by atoms with van der Waals surface area (Å²) in [6.45, 7) is 5.67. The van der Waals surface area contributed by atoms with Crippen LogP contribution in [0.2, 0.25) is 0 Å². The Kier molecular flexibility index (Phi) is 5.03. The van der Waals surface area contributed by atoms with Crippen molar-refractivity contribution in [3.05, 3.63) is 47.7 Å². The zero-order valence-corrected chi connectivity index (χ0v) is 14.1. The molecule has 1 atom stereocenters. The zero-order chi connectivity index (χ0) is 16.9. The van der Waals surface area contributed by atoms with Crippen molar-refractivity contribution in [2.45, 2.75) is 32.6 Å². The van der Waals surface area contributed by atoms with Crippen molar-refractivity contribution in [3.8, 4) is 5.88 Å². The van der Waals surface area contributed by atoms with Crippen LogP contribution in [0.5, 0.6) is 5.88 Å². The van der Waals surface area contributed by atoms with Gasteiger partial charge in [-0.25, -0.2) is 15.0 Å². The van der Waals surface area contributed by atoms with Crippen molar-refractivity contribution in [1.29, 1.82) is 0 Å². The first-order valence-corrected chi connectivity index (χ1v) is 8.35. The highest BCUT2D eigenvalue weighted by Crippen LogP contribution is 2.27. The van der Waals surface area contributed by atoms with E-state index in [1.54, 1.807) is 24.5 Å². The first-order valence-electron chi connectivity index (χ1n) is 8.35. The predicted octanol–water partition coefficient (Wildman–Crippen LogP) is 2.60. The molecule has 3 heterocycles. The highest BCUT2D eigenvalue weighted by Gasteiger charge is 2.28. The Morgan fingerprint density at radius 1 is 1.33 bits per heavy atom. The molecule has 6 heteroatoms. The normalized spacial score (nSPS) is 17.6. The van der Waals surface area contributed by atoms with E-state index in [1.165, 1.54) is 0 Å². The van der Waals surface area contributed by atoms with Crippen LogP contribution < -0.4 is 4.74 Å². The van der Waals surface area contributed by atoms with Gasteiger partial charge in [-0.2, -0.15) is 0 Å². The Hall–Kier alpha value is -2.50. The van der Waals surface area contributed by atoms with Crippen molar-refractivity contribution >= 4 is 5.91 Å². The van der Waals surface area contributed by atoms with Gasteiger partial charge in [0.15, 0.2) is 0 Å². The summed E-state index contributed by atoms with van der Waals surface area (Å²) in [7, 11) is 0. The summed E-state index contributed by atoms with van der Waals surface area (Å²) in [4.78, 5) is 27.7. The van der Waals surface area contributed by atoms with Crippen molar-refractivity contribution in [3.63, 3.8) is 0 Å². The Bertz CT molecular complexity index is 720. The predicted molar refractivity (Wildman–Crippen MR) is 90.1 cm³/mol. The number of aryl methyl sites for hydroxylation is 1. The first-order chi connectivity index (χ1) is 11.7. The average molecular weight is 326 g/mol. The number of pyridine rings is 1. The van der Waals surface area contributed by atoms with Crippen molar-refractivity contribution in [2.24, 2.45) is 0 Å². The number of carbonyl (C=O) groups excluding carboxylic acids is 1. The van der Waals surface area contributed by atoms with Crippen LogP contribution in [0.3, 0.4) is 0 Å². The first kappa shape index (κ1) is 16.4. The summed E-state index contributed by atoms with van der Waals surface area (Å²) in [5, 5.41) is 0. The van der Waals surface area contributed by atoms with E-state index in [-0.39, 0.29) is 11.8 Å². The second-order valence-electron chi connectivity index (χ2n) is 5.91. The molecule has 1 saturated heterocycles. The maximum atomic E-state index is 12.9. The lowest BCUT2D eigenvalue weighted by molar-refractivity contribution is 0.0700. The molecule has 1 amide bonds. The SMILES string of the molecule is CCOc1ncccc1C(=O)N1CCCC(c2ccnc(C)n2)C1. The molecule has 126 valence electrons. The summed E-state index contributed by atoms with van der Waals surface area (Å²) in [5.74, 6) is 1.39. The summed E-state index contributed by atoms with van der Waals surface area (Å²) < 4.78 is 5.50. The molecule has 1 aliphatic rings. The van der Waals surface area contributed by atoms with E-state index in [2.05, 4.69) is 15.0 Å². The third-order valence-corrected chi connectivity index (χ3v) is 4.21. The topological polar surface area (TPSA) is 68.2 Å². The van der Waals surface area contributed by atoms with Gasteiger partial charge in [0.1, 0.15) is 11.4 Å². The summed E-state index contributed by atoms with van der Waals surface area (Å²) in [6.07, 6.45) is 5.42. The maximum Gasteiger partial charge on any atom is 0.259 e. The molecule has 0 saturated carbocycles. The van der Waals surface area contributed by atoms with Crippen molar-refractivity contribution in [1.82, 2.24) is 19.9 Å². The van der Waals surface area contributed by atoms with Gasteiger partial charge in [0.2, 0.25) is 5.88 Å². The monoisotopic (exact) mass is 326 g/mol. The Morgan fingerprint density at radius 2 is 2.21 bits per heavy atom. The molecule has 2 aromatic heterocycles. The molecule has 0 spiro atoms. The van der Waals surface area contributed by atoms with Crippen LogP contribution in [-0.2, 0) is 0 Å². The van der Waals surface area contributed by atoms with Gasteiger partial charge in [0.25, 0.3) is 5.91 Å². The molecular formula is C18H22N4O2. The quantitative estimate of drug-likeness (QED) is 0.864. The molecule has 2 aromatic rings. The zero-order valence-electron chi connectivity index (χ0n) is 14.1. The van der Waals surface area contributed by atoms with E-state index in [9.17, 15) is 4.79 Å². The highest BCUT2D eigenvalue weighted by atomic mass is 16.5. The second-order valence-corrected chi connectivity index (χ2v) is 5.91. The number of likely N-dealkylation sites (tertiary alicyclic amines) is 1. The van der Waals surface area contributed by atoms with Crippen LogP contribution in [0.15, 0.2) is 30.6 Å². The maximum absolute atomic E-state index is 12.9. The molecule has 0 radical (unpaired) electrons. The van der Waals surface area contributed by atoms with E-state index >= 15 is 0 Å². The molecular weight excluding hydrogens is 304 g/mol. The van der Waals surface area contributed by atoms with E-state index < -0.39 is 0 Å². The van der Waals surface area contributed by atoms with Gasteiger partial charge < -0.3 is 9.64 Å². The molecule has 1 aliphatic heterocycles. The lowest BCUT2D eigenvalue weighted by Crippen LogP contribution is -2.39.